The zero-order chi connectivity index (χ0) is 16.2. The Morgan fingerprint density at radius 3 is 2.70 bits per heavy atom. The maximum atomic E-state index is 12.5. The van der Waals surface area contributed by atoms with Crippen molar-refractivity contribution in [3.05, 3.63) is 59.8 Å². The molecular formula is C18H19N3O2. The van der Waals surface area contributed by atoms with Gasteiger partial charge in [-0.25, -0.2) is 0 Å². The maximum Gasteiger partial charge on any atom is 0.272 e. The average molecular weight is 309 g/mol. The first-order valence-corrected chi connectivity index (χ1v) is 7.65. The minimum absolute atomic E-state index is 0.117. The van der Waals surface area contributed by atoms with E-state index in [0.717, 1.165) is 22.2 Å². The van der Waals surface area contributed by atoms with Gasteiger partial charge in [-0.05, 0) is 37.6 Å². The zero-order valence-corrected chi connectivity index (χ0v) is 13.2. The van der Waals surface area contributed by atoms with Crippen LogP contribution in [0.4, 0.5) is 0 Å². The lowest BCUT2D eigenvalue weighted by molar-refractivity contribution is 0.0936. The number of fused-ring (bicyclic) bond motifs is 1. The summed E-state index contributed by atoms with van der Waals surface area (Å²) in [5.74, 6) is 0.636. The van der Waals surface area contributed by atoms with Crippen molar-refractivity contribution in [1.29, 1.82) is 0 Å². The highest BCUT2D eigenvalue weighted by atomic mass is 16.5. The Bertz CT molecular complexity index is 809. The second kappa shape index (κ2) is 6.52. The van der Waals surface area contributed by atoms with Crippen LogP contribution in [0.5, 0.6) is 5.75 Å². The minimum Gasteiger partial charge on any atom is -0.494 e. The lowest BCUT2D eigenvalue weighted by atomic mass is 10.1. The summed E-state index contributed by atoms with van der Waals surface area (Å²) in [6.45, 7) is 4.53. The number of aromatic nitrogens is 2. The maximum absolute atomic E-state index is 12.5. The number of H-pyrrole nitrogens is 1. The molecule has 3 rings (SSSR count). The van der Waals surface area contributed by atoms with E-state index in [9.17, 15) is 4.79 Å². The molecule has 0 saturated heterocycles. The topological polar surface area (TPSA) is 67.0 Å². The molecule has 0 aliphatic carbocycles. The molecule has 1 heterocycles. The van der Waals surface area contributed by atoms with Crippen LogP contribution in [0.1, 0.15) is 35.9 Å². The van der Waals surface area contributed by atoms with Crippen LogP contribution < -0.4 is 10.1 Å². The standard InChI is InChI=1S/C18H19N3O2/c1-3-23-14-10-8-13(9-11-14)12(2)19-18(22)17-15-6-4-5-7-16(15)20-21-17/h4-12H,3H2,1-2H3,(H,19,22)(H,20,21). The van der Waals surface area contributed by atoms with Gasteiger partial charge in [0.05, 0.1) is 18.2 Å². The highest BCUT2D eigenvalue weighted by molar-refractivity contribution is 6.04. The van der Waals surface area contributed by atoms with Gasteiger partial charge in [0.2, 0.25) is 0 Å². The number of rotatable bonds is 5. The summed E-state index contributed by atoms with van der Waals surface area (Å²) in [4.78, 5) is 12.5. The van der Waals surface area contributed by atoms with Crippen LogP contribution in [0, 0.1) is 0 Å². The third kappa shape index (κ3) is 3.18. The average Bonchev–Trinajstić information content (AvgIpc) is 3.00. The van der Waals surface area contributed by atoms with Crippen molar-refractivity contribution < 1.29 is 9.53 Å². The van der Waals surface area contributed by atoms with E-state index in [1.807, 2.05) is 62.4 Å². The molecule has 0 aliphatic heterocycles. The molecule has 0 fully saturated rings. The number of para-hydroxylation sites is 1. The summed E-state index contributed by atoms with van der Waals surface area (Å²) < 4.78 is 5.43. The molecule has 1 amide bonds. The number of aromatic amines is 1. The van der Waals surface area contributed by atoms with Gasteiger partial charge < -0.3 is 10.1 Å². The van der Waals surface area contributed by atoms with Gasteiger partial charge in [-0.15, -0.1) is 0 Å². The van der Waals surface area contributed by atoms with Crippen molar-refractivity contribution in [3.8, 4) is 5.75 Å². The SMILES string of the molecule is CCOc1ccc(C(C)NC(=O)c2n[nH]c3ccccc23)cc1. The fourth-order valence-electron chi connectivity index (χ4n) is 2.50. The fourth-order valence-corrected chi connectivity index (χ4v) is 2.50. The number of hydrogen-bond acceptors (Lipinski definition) is 3. The van der Waals surface area contributed by atoms with Crippen LogP contribution in [0.25, 0.3) is 10.9 Å². The molecular weight excluding hydrogens is 290 g/mol. The van der Waals surface area contributed by atoms with E-state index in [2.05, 4.69) is 15.5 Å². The Hall–Kier alpha value is -2.82. The Morgan fingerprint density at radius 1 is 1.22 bits per heavy atom. The number of ether oxygens (including phenoxy) is 1. The number of benzene rings is 2. The smallest absolute Gasteiger partial charge is 0.272 e. The molecule has 0 spiro atoms. The van der Waals surface area contributed by atoms with E-state index in [1.54, 1.807) is 0 Å². The van der Waals surface area contributed by atoms with Gasteiger partial charge in [0.25, 0.3) is 5.91 Å². The highest BCUT2D eigenvalue weighted by Gasteiger charge is 2.16. The molecule has 0 radical (unpaired) electrons. The van der Waals surface area contributed by atoms with Crippen molar-refractivity contribution in [3.63, 3.8) is 0 Å². The number of hydrogen-bond donors (Lipinski definition) is 2. The van der Waals surface area contributed by atoms with Crippen LogP contribution >= 0.6 is 0 Å². The van der Waals surface area contributed by atoms with Crippen LogP contribution in [-0.4, -0.2) is 22.7 Å². The lowest BCUT2D eigenvalue weighted by Gasteiger charge is -2.14. The normalized spacial score (nSPS) is 12.1. The summed E-state index contributed by atoms with van der Waals surface area (Å²) in [6, 6.07) is 15.2. The van der Waals surface area contributed by atoms with Gasteiger partial charge in [0.15, 0.2) is 5.69 Å². The van der Waals surface area contributed by atoms with E-state index in [0.29, 0.717) is 12.3 Å². The van der Waals surface area contributed by atoms with E-state index in [-0.39, 0.29) is 11.9 Å². The quantitative estimate of drug-likeness (QED) is 0.758. The molecule has 3 aromatic rings. The second-order valence-electron chi connectivity index (χ2n) is 5.31. The summed E-state index contributed by atoms with van der Waals surface area (Å²) in [5, 5.41) is 10.8. The van der Waals surface area contributed by atoms with Crippen LogP contribution in [0.2, 0.25) is 0 Å². The van der Waals surface area contributed by atoms with E-state index in [4.69, 9.17) is 4.74 Å². The molecule has 2 aromatic carbocycles. The van der Waals surface area contributed by atoms with Gasteiger partial charge >= 0.3 is 0 Å². The van der Waals surface area contributed by atoms with E-state index < -0.39 is 0 Å². The highest BCUT2D eigenvalue weighted by Crippen LogP contribution is 2.19. The molecule has 5 heteroatoms. The van der Waals surface area contributed by atoms with Crippen LogP contribution in [0.3, 0.4) is 0 Å². The Labute approximate surface area is 134 Å². The number of nitrogens with zero attached hydrogens (tertiary/aromatic N) is 1. The summed E-state index contributed by atoms with van der Waals surface area (Å²) in [7, 11) is 0. The first-order chi connectivity index (χ1) is 11.2. The minimum atomic E-state index is -0.191. The van der Waals surface area contributed by atoms with Crippen LogP contribution in [-0.2, 0) is 0 Å². The number of nitrogens with one attached hydrogen (secondary N) is 2. The molecule has 5 nitrogen and oxygen atoms in total. The molecule has 0 aliphatic rings. The summed E-state index contributed by atoms with van der Waals surface area (Å²) in [6.07, 6.45) is 0. The molecule has 2 N–H and O–H groups in total. The predicted octanol–water partition coefficient (Wildman–Crippen LogP) is 3.45. The third-order valence-electron chi connectivity index (χ3n) is 3.72. The molecule has 0 bridgehead atoms. The predicted molar refractivity (Wildman–Crippen MR) is 89.6 cm³/mol. The molecule has 0 saturated carbocycles. The van der Waals surface area contributed by atoms with Crippen molar-refractivity contribution in [2.24, 2.45) is 0 Å². The van der Waals surface area contributed by atoms with Gasteiger partial charge in [0.1, 0.15) is 5.75 Å². The molecule has 1 aromatic heterocycles. The number of amides is 1. The van der Waals surface area contributed by atoms with Gasteiger partial charge in [-0.2, -0.15) is 5.10 Å². The third-order valence-corrected chi connectivity index (χ3v) is 3.72. The molecule has 23 heavy (non-hydrogen) atoms. The number of carbonyl (C=O) groups is 1. The van der Waals surface area contributed by atoms with E-state index >= 15 is 0 Å². The molecule has 1 unspecified atom stereocenters. The van der Waals surface area contributed by atoms with Gasteiger partial charge in [-0.3, -0.25) is 9.89 Å². The molecule has 118 valence electrons. The van der Waals surface area contributed by atoms with Crippen molar-refractivity contribution >= 4 is 16.8 Å². The zero-order valence-electron chi connectivity index (χ0n) is 13.2. The van der Waals surface area contributed by atoms with Crippen LogP contribution in [0.15, 0.2) is 48.5 Å². The van der Waals surface area contributed by atoms with Gasteiger partial charge in [-0.1, -0.05) is 30.3 Å². The first kappa shape index (κ1) is 15.1. The summed E-state index contributed by atoms with van der Waals surface area (Å²) in [5.41, 5.74) is 2.28. The summed E-state index contributed by atoms with van der Waals surface area (Å²) >= 11 is 0. The Balaban J connectivity index is 1.74. The Morgan fingerprint density at radius 2 is 1.96 bits per heavy atom. The van der Waals surface area contributed by atoms with Gasteiger partial charge in [0, 0.05) is 5.39 Å². The van der Waals surface area contributed by atoms with Crippen molar-refractivity contribution in [1.82, 2.24) is 15.5 Å². The Kier molecular flexibility index (Phi) is 4.28. The first-order valence-electron chi connectivity index (χ1n) is 7.65. The monoisotopic (exact) mass is 309 g/mol. The largest absolute Gasteiger partial charge is 0.494 e. The molecule has 1 atom stereocenters. The number of carbonyl (C=O) groups excluding carboxylic acids is 1. The second-order valence-corrected chi connectivity index (χ2v) is 5.31. The lowest BCUT2D eigenvalue weighted by Crippen LogP contribution is -2.27. The van der Waals surface area contributed by atoms with E-state index in [1.165, 1.54) is 0 Å². The van der Waals surface area contributed by atoms with Crippen molar-refractivity contribution in [2.45, 2.75) is 19.9 Å². The van der Waals surface area contributed by atoms with Crippen molar-refractivity contribution in [2.75, 3.05) is 6.61 Å². The fraction of sp³-hybridized carbons (Fsp3) is 0.222.